The summed E-state index contributed by atoms with van der Waals surface area (Å²) >= 11 is 0. The molecule has 1 amide bonds. The van der Waals surface area contributed by atoms with E-state index in [-0.39, 0.29) is 18.3 Å². The Balaban J connectivity index is 2.47. The van der Waals surface area contributed by atoms with Gasteiger partial charge in [0.15, 0.2) is 0 Å². The van der Waals surface area contributed by atoms with E-state index in [1.807, 2.05) is 11.9 Å². The molecule has 0 saturated heterocycles. The van der Waals surface area contributed by atoms with Gasteiger partial charge in [-0.2, -0.15) is 0 Å². The van der Waals surface area contributed by atoms with Crippen molar-refractivity contribution in [2.75, 3.05) is 36.5 Å². The molecule has 5 heteroatoms. The van der Waals surface area contributed by atoms with Gasteiger partial charge in [0, 0.05) is 20.1 Å². The van der Waals surface area contributed by atoms with E-state index in [1.54, 1.807) is 11.0 Å². The number of hydrogen-bond acceptors (Lipinski definition) is 3. The topological polar surface area (TPSA) is 49.6 Å². The molecule has 0 aromatic heterocycles. The number of carbonyl (C=O) groups excluding carboxylic acids is 1. The first-order valence-electron chi connectivity index (χ1n) is 5.64. The summed E-state index contributed by atoms with van der Waals surface area (Å²) in [5, 5.41) is 0. The molecule has 0 unspecified atom stereocenters. The molecule has 0 radical (unpaired) electrons. The molecule has 1 aliphatic heterocycles. The van der Waals surface area contributed by atoms with Crippen molar-refractivity contribution in [1.29, 1.82) is 0 Å². The van der Waals surface area contributed by atoms with Crippen LogP contribution in [0.1, 0.15) is 6.42 Å². The van der Waals surface area contributed by atoms with Crippen LogP contribution in [0.5, 0.6) is 0 Å². The maximum atomic E-state index is 13.3. The zero-order valence-electron chi connectivity index (χ0n) is 9.82. The Morgan fingerprint density at radius 1 is 1.41 bits per heavy atom. The minimum atomic E-state index is -0.294. The van der Waals surface area contributed by atoms with Crippen molar-refractivity contribution >= 4 is 17.3 Å². The van der Waals surface area contributed by atoms with Gasteiger partial charge in [-0.3, -0.25) is 4.79 Å². The molecule has 4 nitrogen and oxygen atoms in total. The van der Waals surface area contributed by atoms with Crippen LogP contribution in [0.4, 0.5) is 15.8 Å². The van der Waals surface area contributed by atoms with Gasteiger partial charge in [-0.05, 0) is 24.6 Å². The summed E-state index contributed by atoms with van der Waals surface area (Å²) in [5.41, 5.74) is 6.87. The summed E-state index contributed by atoms with van der Waals surface area (Å²) in [5.74, 6) is -0.425. The zero-order chi connectivity index (χ0) is 12.4. The van der Waals surface area contributed by atoms with Crippen molar-refractivity contribution in [2.24, 2.45) is 5.73 Å². The highest BCUT2D eigenvalue weighted by molar-refractivity contribution is 5.98. The first-order valence-corrected chi connectivity index (χ1v) is 5.64. The predicted molar refractivity (Wildman–Crippen MR) is 65.7 cm³/mol. The summed E-state index contributed by atoms with van der Waals surface area (Å²) in [7, 11) is 1.90. The minimum Gasteiger partial charge on any atom is -0.373 e. The molecule has 1 aliphatic rings. The number of anilines is 2. The Bertz CT molecular complexity index is 436. The van der Waals surface area contributed by atoms with E-state index in [0.717, 1.165) is 24.3 Å². The van der Waals surface area contributed by atoms with E-state index in [1.165, 1.54) is 12.1 Å². The van der Waals surface area contributed by atoms with Gasteiger partial charge in [-0.25, -0.2) is 4.39 Å². The average molecular weight is 237 g/mol. The largest absolute Gasteiger partial charge is 0.373 e. The van der Waals surface area contributed by atoms with E-state index >= 15 is 0 Å². The number of nitrogens with two attached hydrogens (primary N) is 1. The van der Waals surface area contributed by atoms with Crippen molar-refractivity contribution in [3.63, 3.8) is 0 Å². The monoisotopic (exact) mass is 237 g/mol. The summed E-state index contributed by atoms with van der Waals surface area (Å²) in [4.78, 5) is 15.4. The predicted octanol–water partition coefficient (Wildman–Crippen LogP) is 0.957. The van der Waals surface area contributed by atoms with Crippen molar-refractivity contribution in [3.8, 4) is 0 Å². The van der Waals surface area contributed by atoms with Gasteiger partial charge in [0.05, 0.1) is 17.9 Å². The van der Waals surface area contributed by atoms with Gasteiger partial charge < -0.3 is 15.5 Å². The van der Waals surface area contributed by atoms with E-state index in [4.69, 9.17) is 5.73 Å². The van der Waals surface area contributed by atoms with E-state index in [9.17, 15) is 9.18 Å². The van der Waals surface area contributed by atoms with Crippen molar-refractivity contribution in [3.05, 3.63) is 24.0 Å². The number of carbonyl (C=O) groups is 1. The fraction of sp³-hybridized carbons (Fsp3) is 0.417. The fourth-order valence-corrected chi connectivity index (χ4v) is 2.11. The van der Waals surface area contributed by atoms with Gasteiger partial charge in [-0.1, -0.05) is 0 Å². The summed E-state index contributed by atoms with van der Waals surface area (Å²) in [6.45, 7) is 1.39. The Kier molecular flexibility index (Phi) is 3.28. The smallest absolute Gasteiger partial charge is 0.240 e. The van der Waals surface area contributed by atoms with Crippen LogP contribution in [0.2, 0.25) is 0 Å². The third-order valence-electron chi connectivity index (χ3n) is 2.99. The molecule has 0 aliphatic carbocycles. The van der Waals surface area contributed by atoms with Crippen molar-refractivity contribution in [2.45, 2.75) is 6.42 Å². The number of hydrogen-bond donors (Lipinski definition) is 1. The fourth-order valence-electron chi connectivity index (χ4n) is 2.11. The molecule has 1 heterocycles. The first kappa shape index (κ1) is 11.9. The van der Waals surface area contributed by atoms with Crippen molar-refractivity contribution < 1.29 is 9.18 Å². The normalized spacial score (nSPS) is 15.5. The zero-order valence-corrected chi connectivity index (χ0v) is 9.82. The minimum absolute atomic E-state index is 0.0273. The molecule has 0 atom stereocenters. The van der Waals surface area contributed by atoms with Crippen LogP contribution >= 0.6 is 0 Å². The summed E-state index contributed by atoms with van der Waals surface area (Å²) < 4.78 is 13.3. The van der Waals surface area contributed by atoms with Gasteiger partial charge in [0.25, 0.3) is 0 Å². The van der Waals surface area contributed by atoms with Crippen LogP contribution in [0.3, 0.4) is 0 Å². The summed E-state index contributed by atoms with van der Waals surface area (Å²) in [6.07, 6.45) is 0.846. The SMILES string of the molecule is CN1CCCN(C(=O)CN)c2ccc(F)cc21. The molecule has 92 valence electrons. The van der Waals surface area contributed by atoms with Gasteiger partial charge in [0.1, 0.15) is 5.82 Å². The molecular formula is C12H16FN3O. The highest BCUT2D eigenvalue weighted by Gasteiger charge is 2.22. The lowest BCUT2D eigenvalue weighted by molar-refractivity contribution is -0.117. The Labute approximate surface area is 99.8 Å². The number of nitrogens with zero attached hydrogens (tertiary/aromatic N) is 2. The maximum absolute atomic E-state index is 13.3. The number of benzene rings is 1. The van der Waals surface area contributed by atoms with Crippen LogP contribution < -0.4 is 15.5 Å². The molecule has 0 fully saturated rings. The van der Waals surface area contributed by atoms with Crippen LogP contribution in [0.25, 0.3) is 0 Å². The summed E-state index contributed by atoms with van der Waals surface area (Å²) in [6, 6.07) is 4.46. The molecule has 0 saturated carbocycles. The quantitative estimate of drug-likeness (QED) is 0.791. The standard InChI is InChI=1S/C12H16FN3O/c1-15-5-2-6-16(12(17)8-14)10-4-3-9(13)7-11(10)15/h3-4,7H,2,5-6,8,14H2,1H3. The number of fused-ring (bicyclic) bond motifs is 1. The Morgan fingerprint density at radius 2 is 2.18 bits per heavy atom. The van der Waals surface area contributed by atoms with Gasteiger partial charge >= 0.3 is 0 Å². The molecule has 0 spiro atoms. The van der Waals surface area contributed by atoms with Crippen LogP contribution in [-0.4, -0.2) is 32.6 Å². The molecule has 1 aromatic rings. The molecule has 0 bridgehead atoms. The van der Waals surface area contributed by atoms with E-state index in [2.05, 4.69) is 0 Å². The molecule has 17 heavy (non-hydrogen) atoms. The Morgan fingerprint density at radius 3 is 2.88 bits per heavy atom. The van der Waals surface area contributed by atoms with Crippen molar-refractivity contribution in [1.82, 2.24) is 0 Å². The van der Waals surface area contributed by atoms with Gasteiger partial charge in [0.2, 0.25) is 5.91 Å². The molecule has 2 rings (SSSR count). The van der Waals surface area contributed by atoms with Crippen LogP contribution in [-0.2, 0) is 4.79 Å². The Hall–Kier alpha value is -1.62. The van der Waals surface area contributed by atoms with Crippen LogP contribution in [0.15, 0.2) is 18.2 Å². The highest BCUT2D eigenvalue weighted by atomic mass is 19.1. The second kappa shape index (κ2) is 4.71. The second-order valence-corrected chi connectivity index (χ2v) is 4.16. The molecule has 1 aromatic carbocycles. The number of rotatable bonds is 1. The maximum Gasteiger partial charge on any atom is 0.240 e. The average Bonchev–Trinajstić information content (AvgIpc) is 2.48. The number of amides is 1. The van der Waals surface area contributed by atoms with E-state index < -0.39 is 0 Å². The third-order valence-corrected chi connectivity index (χ3v) is 2.99. The highest BCUT2D eigenvalue weighted by Crippen LogP contribution is 2.32. The lowest BCUT2D eigenvalue weighted by Crippen LogP contribution is -2.36. The molecule has 2 N–H and O–H groups in total. The first-order chi connectivity index (χ1) is 8.13. The lowest BCUT2D eigenvalue weighted by Gasteiger charge is -2.23. The lowest BCUT2D eigenvalue weighted by atomic mass is 10.2. The van der Waals surface area contributed by atoms with E-state index in [0.29, 0.717) is 6.54 Å². The van der Waals surface area contributed by atoms with Crippen LogP contribution in [0, 0.1) is 5.82 Å². The van der Waals surface area contributed by atoms with Gasteiger partial charge in [-0.15, -0.1) is 0 Å². The number of halogens is 1. The second-order valence-electron chi connectivity index (χ2n) is 4.16. The molecular weight excluding hydrogens is 221 g/mol. The third kappa shape index (κ3) is 2.24.